The van der Waals surface area contributed by atoms with Gasteiger partial charge in [-0.15, -0.1) is 12.4 Å². The summed E-state index contributed by atoms with van der Waals surface area (Å²) in [5.41, 5.74) is 1.35. The van der Waals surface area contributed by atoms with Crippen molar-refractivity contribution in [2.24, 2.45) is 0 Å². The quantitative estimate of drug-likeness (QED) is 0.839. The van der Waals surface area contributed by atoms with E-state index in [9.17, 15) is 8.42 Å². The zero-order chi connectivity index (χ0) is 10.8. The number of aryl methyl sites for hydroxylation is 2. The Morgan fingerprint density at radius 1 is 1.13 bits per heavy atom. The number of hydrogen-bond donors (Lipinski definition) is 1. The number of rotatable bonds is 3. The molecular weight excluding hydrogens is 236 g/mol. The molecule has 0 bridgehead atoms. The highest BCUT2D eigenvalue weighted by molar-refractivity contribution is 7.86. The first-order valence-corrected chi connectivity index (χ1v) is 6.03. The fourth-order valence-corrected chi connectivity index (χ4v) is 2.61. The normalized spacial score (nSPS) is 10.9. The lowest BCUT2D eigenvalue weighted by atomic mass is 10.1. The maximum atomic E-state index is 11.1. The van der Waals surface area contributed by atoms with Gasteiger partial charge in [0.25, 0.3) is 10.1 Å². The molecule has 0 saturated carbocycles. The Morgan fingerprint density at radius 3 is 1.80 bits per heavy atom. The van der Waals surface area contributed by atoms with Crippen molar-refractivity contribution in [3.8, 4) is 0 Å². The highest BCUT2D eigenvalue weighted by Gasteiger charge is 2.17. The van der Waals surface area contributed by atoms with Crippen molar-refractivity contribution in [2.45, 2.75) is 31.6 Å². The summed E-state index contributed by atoms with van der Waals surface area (Å²) in [5.74, 6) is 0. The van der Waals surface area contributed by atoms with Crippen molar-refractivity contribution in [3.63, 3.8) is 0 Å². The zero-order valence-electron chi connectivity index (χ0n) is 8.73. The minimum Gasteiger partial charge on any atom is -0.282 e. The Kier molecular flexibility index (Phi) is 5.28. The Bertz CT molecular complexity index is 404. The van der Waals surface area contributed by atoms with E-state index >= 15 is 0 Å². The van der Waals surface area contributed by atoms with Gasteiger partial charge in [0.2, 0.25) is 0 Å². The van der Waals surface area contributed by atoms with Gasteiger partial charge in [-0.3, -0.25) is 4.55 Å². The summed E-state index contributed by atoms with van der Waals surface area (Å²) < 4.78 is 31.4. The number of hydrogen-bond acceptors (Lipinski definition) is 2. The first kappa shape index (κ1) is 14.4. The summed E-state index contributed by atoms with van der Waals surface area (Å²) in [6, 6.07) is 5.26. The molecule has 0 saturated heterocycles. The summed E-state index contributed by atoms with van der Waals surface area (Å²) in [6.07, 6.45) is 1.20. The van der Waals surface area contributed by atoms with Gasteiger partial charge in [-0.1, -0.05) is 32.0 Å². The van der Waals surface area contributed by atoms with Gasteiger partial charge in [-0.05, 0) is 24.0 Å². The average Bonchev–Trinajstić information content (AvgIpc) is 2.15. The van der Waals surface area contributed by atoms with Crippen molar-refractivity contribution in [1.29, 1.82) is 0 Å². The summed E-state index contributed by atoms with van der Waals surface area (Å²) >= 11 is 0. The highest BCUT2D eigenvalue weighted by atomic mass is 35.5. The topological polar surface area (TPSA) is 54.4 Å². The molecule has 0 aliphatic heterocycles. The molecule has 0 aliphatic rings. The van der Waals surface area contributed by atoms with Gasteiger partial charge in [0.1, 0.15) is 4.90 Å². The van der Waals surface area contributed by atoms with Crippen LogP contribution >= 0.6 is 12.4 Å². The Morgan fingerprint density at radius 2 is 1.53 bits per heavy atom. The van der Waals surface area contributed by atoms with E-state index in [4.69, 9.17) is 4.55 Å². The molecule has 86 valence electrons. The van der Waals surface area contributed by atoms with Crippen LogP contribution in [0.4, 0.5) is 0 Å². The fourth-order valence-electron chi connectivity index (χ4n) is 1.53. The molecule has 0 unspecified atom stereocenters. The maximum Gasteiger partial charge on any atom is 0.295 e. The molecule has 0 radical (unpaired) electrons. The molecule has 5 heteroatoms. The van der Waals surface area contributed by atoms with Crippen molar-refractivity contribution in [3.05, 3.63) is 29.3 Å². The largest absolute Gasteiger partial charge is 0.295 e. The molecule has 1 N–H and O–H groups in total. The average molecular weight is 251 g/mol. The third-order valence-corrected chi connectivity index (χ3v) is 3.24. The van der Waals surface area contributed by atoms with Gasteiger partial charge in [0.15, 0.2) is 0 Å². The van der Waals surface area contributed by atoms with Gasteiger partial charge < -0.3 is 0 Å². The van der Waals surface area contributed by atoms with Gasteiger partial charge in [0, 0.05) is 0 Å². The predicted octanol–water partition coefficient (Wildman–Crippen LogP) is 2.48. The minimum atomic E-state index is -4.09. The lowest BCUT2D eigenvalue weighted by molar-refractivity contribution is 0.481. The van der Waals surface area contributed by atoms with Gasteiger partial charge in [-0.25, -0.2) is 0 Å². The second kappa shape index (κ2) is 5.49. The van der Waals surface area contributed by atoms with Crippen LogP contribution < -0.4 is 0 Å². The first-order valence-electron chi connectivity index (χ1n) is 4.59. The van der Waals surface area contributed by atoms with Crippen molar-refractivity contribution in [2.75, 3.05) is 0 Å². The third kappa shape index (κ3) is 3.19. The summed E-state index contributed by atoms with van der Waals surface area (Å²) in [7, 11) is -4.09. The van der Waals surface area contributed by atoms with Crippen LogP contribution in [0.3, 0.4) is 0 Å². The summed E-state index contributed by atoms with van der Waals surface area (Å²) in [5, 5.41) is 0. The lowest BCUT2D eigenvalue weighted by Gasteiger charge is -2.09. The second-order valence-corrected chi connectivity index (χ2v) is 4.45. The van der Waals surface area contributed by atoms with E-state index in [1.54, 1.807) is 12.1 Å². The standard InChI is InChI=1S/C10H14O3S.ClH/c1-3-8-6-5-7-9(4-2)10(8)14(11,12)13;/h5-7H,3-4H2,1-2H3,(H,11,12,13);1H. The van der Waals surface area contributed by atoms with Crippen molar-refractivity contribution in [1.82, 2.24) is 0 Å². The molecule has 0 aromatic heterocycles. The third-order valence-electron chi connectivity index (χ3n) is 2.20. The Balaban J connectivity index is 0.00000196. The van der Waals surface area contributed by atoms with E-state index in [1.165, 1.54) is 0 Å². The molecule has 0 spiro atoms. The van der Waals surface area contributed by atoms with Gasteiger partial charge in [0.05, 0.1) is 0 Å². The first-order chi connectivity index (χ1) is 6.50. The maximum absolute atomic E-state index is 11.1. The van der Waals surface area contributed by atoms with E-state index in [2.05, 4.69) is 0 Å². The SMILES string of the molecule is CCc1cccc(CC)c1S(=O)(=O)O.Cl. The van der Waals surface area contributed by atoms with Crippen molar-refractivity contribution < 1.29 is 13.0 Å². The lowest BCUT2D eigenvalue weighted by Crippen LogP contribution is -2.06. The Labute approximate surface area is 96.7 Å². The smallest absolute Gasteiger partial charge is 0.282 e. The summed E-state index contributed by atoms with van der Waals surface area (Å²) in [4.78, 5) is 0.0880. The monoisotopic (exact) mass is 250 g/mol. The predicted molar refractivity (Wildman–Crippen MR) is 62.3 cm³/mol. The molecule has 3 nitrogen and oxygen atoms in total. The van der Waals surface area contributed by atoms with Crippen LogP contribution in [0, 0.1) is 0 Å². The van der Waals surface area contributed by atoms with E-state index in [-0.39, 0.29) is 17.3 Å². The van der Waals surface area contributed by atoms with Crippen LogP contribution in [-0.2, 0) is 23.0 Å². The molecule has 15 heavy (non-hydrogen) atoms. The van der Waals surface area contributed by atoms with E-state index in [0.717, 1.165) is 0 Å². The van der Waals surface area contributed by atoms with E-state index in [0.29, 0.717) is 24.0 Å². The molecular formula is C10H15ClO3S. The fraction of sp³-hybridized carbons (Fsp3) is 0.400. The summed E-state index contributed by atoms with van der Waals surface area (Å²) in [6.45, 7) is 3.73. The van der Waals surface area contributed by atoms with Gasteiger partial charge >= 0.3 is 0 Å². The van der Waals surface area contributed by atoms with Crippen LogP contribution in [0.2, 0.25) is 0 Å². The molecule has 0 atom stereocenters. The number of halogens is 1. The Hall–Kier alpha value is -0.580. The van der Waals surface area contributed by atoms with Crippen LogP contribution in [0.1, 0.15) is 25.0 Å². The second-order valence-electron chi connectivity index (χ2n) is 3.09. The van der Waals surface area contributed by atoms with Crippen LogP contribution in [0.15, 0.2) is 23.1 Å². The number of benzene rings is 1. The minimum absolute atomic E-state index is 0. The molecule has 1 rings (SSSR count). The van der Waals surface area contributed by atoms with E-state index < -0.39 is 10.1 Å². The van der Waals surface area contributed by atoms with Crippen LogP contribution in [0.5, 0.6) is 0 Å². The van der Waals surface area contributed by atoms with E-state index in [1.807, 2.05) is 19.9 Å². The molecule has 0 heterocycles. The molecule has 1 aromatic carbocycles. The van der Waals surface area contributed by atoms with Gasteiger partial charge in [-0.2, -0.15) is 8.42 Å². The molecule has 1 aromatic rings. The van der Waals surface area contributed by atoms with Crippen LogP contribution in [0.25, 0.3) is 0 Å². The molecule has 0 aliphatic carbocycles. The molecule has 0 fully saturated rings. The zero-order valence-corrected chi connectivity index (χ0v) is 10.4. The molecule has 0 amide bonds. The van der Waals surface area contributed by atoms with Crippen molar-refractivity contribution >= 4 is 22.5 Å². The van der Waals surface area contributed by atoms with Crippen LogP contribution in [-0.4, -0.2) is 13.0 Å². The highest BCUT2D eigenvalue weighted by Crippen LogP contribution is 2.21.